The van der Waals surface area contributed by atoms with Crippen LogP contribution in [0.3, 0.4) is 0 Å². The maximum Gasteiger partial charge on any atom is 0.246 e. The molecule has 5 heterocycles. The first-order valence-corrected chi connectivity index (χ1v) is 47.1. The van der Waals surface area contributed by atoms with Gasteiger partial charge in [0, 0.05) is 94.2 Å². The van der Waals surface area contributed by atoms with Gasteiger partial charge in [-0.15, -0.1) is 23.1 Å². The number of carbonyl (C=O) groups excluding carboxylic acids is 18. The number of guanidine groups is 1. The second kappa shape index (κ2) is 51.3. The van der Waals surface area contributed by atoms with Gasteiger partial charge in [-0.25, -0.2) is 0 Å². The van der Waals surface area contributed by atoms with Gasteiger partial charge in [-0.2, -0.15) is 0 Å². The summed E-state index contributed by atoms with van der Waals surface area (Å²) < 4.78 is 0.825. The minimum Gasteiger partial charge on any atom is -0.508 e. The molecule has 8 rings (SSSR count). The molecule has 134 heavy (non-hydrogen) atoms. The van der Waals surface area contributed by atoms with Gasteiger partial charge in [0.15, 0.2) is 5.96 Å². The first-order valence-electron chi connectivity index (χ1n) is 45.0. The summed E-state index contributed by atoms with van der Waals surface area (Å²) in [5, 5.41) is 61.0. The van der Waals surface area contributed by atoms with Crippen molar-refractivity contribution >= 4 is 156 Å². The minimum absolute atomic E-state index is 0.00900. The molecule has 5 aromatic rings. The molecule has 0 radical (unpaired) electrons. The van der Waals surface area contributed by atoms with Gasteiger partial charge < -0.3 is 121 Å². The SMILES string of the molecule is CCCC[C@H]1C(=O)N(C)[C@@H](CCCC)C(=O)N[C@@H](CCCNC(=N)N)C(=O)N[C@H](C(=O)NCC(N)=O)CSCC(=O)N[C@@H](Cc2ccc(O)cc2)C(=O)N(C)[C@@H](C)C(=O)N[C@H](CC(N)=O)C(=O)N2CCC[C@H]2C(=O)N[C@@H](CC(N)=O)C(=O)N[C@@H](CC(C)C)C(=O)N2CCC[C@H]2C(=O)N[C@@H](Cc2c[nH]c3ccccc23)C(=O)N[C@@H](CCO)C(=O)N[C@@H](Cc2csc3ccccc23)C(=O)N1C. The predicted molar refractivity (Wildman–Crippen MR) is 498 cm³/mol. The highest BCUT2D eigenvalue weighted by molar-refractivity contribution is 8.00. The molecule has 0 aliphatic carbocycles. The quantitative estimate of drug-likeness (QED) is 0.0156. The Morgan fingerprint density at radius 1 is 0.515 bits per heavy atom. The first-order chi connectivity index (χ1) is 63.7. The molecule has 0 unspecified atom stereocenters. The number of thioether (sulfide) groups is 1. The van der Waals surface area contributed by atoms with Gasteiger partial charge in [0.2, 0.25) is 106 Å². The third-order valence-electron chi connectivity index (χ3n) is 23.8. The summed E-state index contributed by atoms with van der Waals surface area (Å²) in [4.78, 5) is 271. The highest BCUT2D eigenvalue weighted by Crippen LogP contribution is 2.30. The summed E-state index contributed by atoms with van der Waals surface area (Å²) in [6.45, 7) is 6.78. The summed E-state index contributed by atoms with van der Waals surface area (Å²) in [7, 11) is 3.93. The molecular weight excluding hydrogens is 1770 g/mol. The Balaban J connectivity index is 1.20. The van der Waals surface area contributed by atoms with Gasteiger partial charge in [-0.3, -0.25) is 91.7 Å². The van der Waals surface area contributed by atoms with Crippen molar-refractivity contribution < 1.29 is 96.5 Å². The van der Waals surface area contributed by atoms with Gasteiger partial charge in [-0.05, 0) is 129 Å². The number of benzene rings is 3. The predicted octanol–water partition coefficient (Wildman–Crippen LogP) is -1.87. The number of thiophene rings is 1. The monoisotopic (exact) mass is 1900 g/mol. The Labute approximate surface area is 784 Å². The van der Waals surface area contributed by atoms with Crippen molar-refractivity contribution in [2.75, 3.05) is 65.4 Å². The molecule has 3 aliphatic heterocycles. The number of likely N-dealkylation sites (N-methyl/N-ethyl adjacent to an activating group) is 3. The molecule has 18 amide bonds. The van der Waals surface area contributed by atoms with Crippen molar-refractivity contribution in [1.29, 1.82) is 5.41 Å². The number of aromatic hydroxyl groups is 1. The number of amides is 18. The van der Waals surface area contributed by atoms with Crippen molar-refractivity contribution in [2.24, 2.45) is 28.9 Å². The van der Waals surface area contributed by atoms with Gasteiger partial charge in [0.25, 0.3) is 0 Å². The van der Waals surface area contributed by atoms with Gasteiger partial charge in [-0.1, -0.05) is 102 Å². The van der Waals surface area contributed by atoms with E-state index in [4.69, 9.17) is 28.3 Å². The molecule has 14 atom stereocenters. The van der Waals surface area contributed by atoms with E-state index in [1.54, 1.807) is 50.4 Å². The Kier molecular flexibility index (Phi) is 40.7. The Morgan fingerprint density at radius 3 is 1.65 bits per heavy atom. The molecule has 0 saturated carbocycles. The second-order valence-corrected chi connectivity index (χ2v) is 36.3. The molecule has 730 valence electrons. The molecule has 3 aliphatic rings. The molecule has 0 bridgehead atoms. The lowest BCUT2D eigenvalue weighted by molar-refractivity contribution is -0.149. The number of primary amides is 3. The van der Waals surface area contributed by atoms with E-state index < -0.39 is 241 Å². The van der Waals surface area contributed by atoms with Crippen molar-refractivity contribution in [2.45, 2.75) is 241 Å². The fourth-order valence-electron chi connectivity index (χ4n) is 16.5. The number of rotatable bonds is 27. The number of aromatic nitrogens is 1. The summed E-state index contributed by atoms with van der Waals surface area (Å²) in [5.74, 6) is -18.9. The highest BCUT2D eigenvalue weighted by atomic mass is 32.2. The van der Waals surface area contributed by atoms with Crippen LogP contribution in [0.1, 0.15) is 154 Å². The number of phenolic OH excluding ortho intramolecular Hbond substituents is 1. The zero-order valence-corrected chi connectivity index (χ0v) is 78.4. The van der Waals surface area contributed by atoms with E-state index in [-0.39, 0.29) is 108 Å². The van der Waals surface area contributed by atoms with E-state index in [1.807, 2.05) is 37.4 Å². The van der Waals surface area contributed by atoms with Gasteiger partial charge >= 0.3 is 0 Å². The number of nitrogens with two attached hydrogens (primary N) is 4. The number of para-hydroxylation sites is 1. The lowest BCUT2D eigenvalue weighted by Gasteiger charge is -2.36. The normalized spacial score (nSPS) is 24.3. The Bertz CT molecular complexity index is 5050. The number of nitrogens with zero attached hydrogens (tertiary/aromatic N) is 5. The Hall–Kier alpha value is -13.0. The number of hydrogen-bond acceptors (Lipinski definition) is 23. The number of H-pyrrole nitrogens is 1. The molecule has 0 spiro atoms. The smallest absolute Gasteiger partial charge is 0.246 e. The third kappa shape index (κ3) is 30.3. The van der Waals surface area contributed by atoms with E-state index >= 15 is 33.6 Å². The number of unbranched alkanes of at least 4 members (excludes halogenated alkanes) is 2. The fourth-order valence-corrected chi connectivity index (χ4v) is 18.3. The van der Waals surface area contributed by atoms with Crippen LogP contribution in [0.2, 0.25) is 0 Å². The number of carbonyl (C=O) groups is 18. The summed E-state index contributed by atoms with van der Waals surface area (Å²) in [6.07, 6.45) is 0.519. The molecule has 3 saturated heterocycles. The van der Waals surface area contributed by atoms with Gasteiger partial charge in [0.1, 0.15) is 90.3 Å². The van der Waals surface area contributed by atoms with E-state index in [2.05, 4.69) is 63.5 Å². The van der Waals surface area contributed by atoms with Crippen molar-refractivity contribution in [3.05, 3.63) is 101 Å². The number of phenols is 1. The second-order valence-electron chi connectivity index (χ2n) is 34.4. The largest absolute Gasteiger partial charge is 0.508 e. The maximum absolute atomic E-state index is 15.8. The topological polar surface area (TPSA) is 640 Å². The van der Waals surface area contributed by atoms with Crippen LogP contribution in [0.25, 0.3) is 21.0 Å². The molecule has 23 N–H and O–H groups in total. The minimum atomic E-state index is -1.82. The zero-order valence-electron chi connectivity index (χ0n) is 76.7. The van der Waals surface area contributed by atoms with Crippen molar-refractivity contribution in [3.63, 3.8) is 0 Å². The van der Waals surface area contributed by atoms with Crippen LogP contribution >= 0.6 is 23.1 Å². The van der Waals surface area contributed by atoms with Crippen molar-refractivity contribution in [1.82, 2.24) is 88.0 Å². The summed E-state index contributed by atoms with van der Waals surface area (Å²) in [6, 6.07) is -1.62. The molecular formula is C90H128N22O20S2. The lowest BCUT2D eigenvalue weighted by Crippen LogP contribution is -2.61. The highest BCUT2D eigenvalue weighted by Gasteiger charge is 2.46. The molecule has 44 heteroatoms. The molecule has 42 nitrogen and oxygen atoms in total. The number of nitrogens with one attached hydrogen (secondary N) is 13. The number of aliphatic hydroxyl groups is 1. The van der Waals surface area contributed by atoms with E-state index in [1.165, 1.54) is 73.5 Å². The van der Waals surface area contributed by atoms with E-state index in [0.29, 0.717) is 53.3 Å². The summed E-state index contributed by atoms with van der Waals surface area (Å²) >= 11 is 2.12. The van der Waals surface area contributed by atoms with Crippen LogP contribution in [0.15, 0.2) is 84.4 Å². The van der Waals surface area contributed by atoms with Crippen LogP contribution in [0.5, 0.6) is 5.75 Å². The standard InChI is InChI=1S/C90H128N22O20S2/c1-9-11-24-67-82(125)101-58(23-17-34-96-90(94)95)78(121)107-66(77(120)98-45-74(93)117)47-133-48-75(118)99-63(39-51-29-31-54(114)32-30-51)85(128)108(6)50(5)76(119)104-65(43-73(92)116)88(131)112-36-19-27-69(112)84(127)103-61(42-72(91)115)81(124)105-62(38-49(3)4)87(130)111-35-18-26-68(111)83(126)102-60(40-52-44-97-57-22-15-13-20-55(52)57)80(123)100-59(33-37-113)79(122)106-64(41-53-46-134-71-28-16-14-21-56(53)71)86(129)110(8)70(25-12-10-2)89(132)109(67)7/h13-16,20-22,28-32,44,46,49-50,58-70,97,113-114H,9-12,17-19,23-27,33-43,45,47-48H2,1-8H3,(H2,91,115)(H2,92,116)(H2,93,117)(H,98,120)(H,99,118)(H,100,123)(H,101,125)(H,102,126)(H,103,127)(H,104,119)(H,105,124)(H,106,122)(H,107,121)(H4,94,95,96)/t50-,58-,59-,60-,61-,62-,63-,64-,65+,66-,67-,68-,69-,70-/m0/s1. The third-order valence-corrected chi connectivity index (χ3v) is 25.9. The number of fused-ring (bicyclic) bond motifs is 4. The summed E-state index contributed by atoms with van der Waals surface area (Å²) in [5.41, 5.74) is 24.6. The van der Waals surface area contributed by atoms with Gasteiger partial charge in [0.05, 0.1) is 25.1 Å². The lowest BCUT2D eigenvalue weighted by atomic mass is 9.99. The molecule has 3 aromatic carbocycles. The fraction of sp³-hybridized carbons (Fsp3) is 0.544. The number of aromatic amines is 1. The number of aliphatic hydroxyl groups excluding tert-OH is 1. The van der Waals surface area contributed by atoms with Crippen molar-refractivity contribution in [3.8, 4) is 5.75 Å². The first kappa shape index (κ1) is 106. The number of hydrogen-bond donors (Lipinski definition) is 19. The molecule has 2 aromatic heterocycles. The average molecular weight is 1900 g/mol. The average Bonchev–Trinajstić information content (AvgIpc) is 1.70. The van der Waals surface area contributed by atoms with Crippen LogP contribution in [-0.2, 0) is 106 Å². The van der Waals surface area contributed by atoms with Crippen LogP contribution < -0.4 is 81.4 Å². The molecule has 3 fully saturated rings. The van der Waals surface area contributed by atoms with Crippen LogP contribution in [0.4, 0.5) is 0 Å². The van der Waals surface area contributed by atoms with E-state index in [9.17, 15) is 63.0 Å². The van der Waals surface area contributed by atoms with Crippen LogP contribution in [-0.4, -0.2) is 302 Å². The van der Waals surface area contributed by atoms with E-state index in [0.717, 1.165) is 36.5 Å². The zero-order chi connectivity index (χ0) is 98.3. The van der Waals surface area contributed by atoms with Crippen LogP contribution in [0, 0.1) is 11.3 Å². The Morgan fingerprint density at radius 2 is 1.03 bits per heavy atom. The maximum atomic E-state index is 15.8.